The first kappa shape index (κ1) is 26.5. The molecule has 2 unspecified atom stereocenters. The van der Waals surface area contributed by atoms with Crippen LogP contribution >= 0.6 is 0 Å². The van der Waals surface area contributed by atoms with Gasteiger partial charge < -0.3 is 11.1 Å². The topological polar surface area (TPSA) is 72.2 Å². The van der Waals surface area contributed by atoms with Crippen molar-refractivity contribution < 1.29 is 35.9 Å². The number of Topliss-reactive ketones (excluding diaryl/α,β-unsaturated/α-hetero) is 1. The van der Waals surface area contributed by atoms with Crippen molar-refractivity contribution in [2.24, 2.45) is 23.5 Å². The molecule has 0 heterocycles. The summed E-state index contributed by atoms with van der Waals surface area (Å²) in [6.45, 7) is 0. The van der Waals surface area contributed by atoms with Gasteiger partial charge in [0.15, 0.2) is 0 Å². The average Bonchev–Trinajstić information content (AvgIpc) is 2.74. The van der Waals surface area contributed by atoms with E-state index >= 15 is 0 Å². The fourth-order valence-corrected chi connectivity index (χ4v) is 5.14. The Labute approximate surface area is 194 Å². The standard InChI is InChI=1S/C24H30F6N2O2/c25-23(26,27)16-11-17(24(28,29)30)13-18(12-16)32-22(34)10-15-7-5-14(6-8-15)9-21(33)19-3-1-2-4-20(19)31/h11-15,19-20H,1-10,31H2,(H,32,34). The quantitative estimate of drug-likeness (QED) is 0.456. The van der Waals surface area contributed by atoms with Gasteiger partial charge in [-0.05, 0) is 68.6 Å². The minimum absolute atomic E-state index is 0.00572. The highest BCUT2D eigenvalue weighted by Gasteiger charge is 2.37. The number of alkyl halides is 6. The second kappa shape index (κ2) is 10.7. The number of carbonyl (C=O) groups is 2. The molecule has 1 amide bonds. The van der Waals surface area contributed by atoms with Crippen LogP contribution in [0.2, 0.25) is 0 Å². The molecule has 2 fully saturated rings. The zero-order valence-electron chi connectivity index (χ0n) is 18.8. The third kappa shape index (κ3) is 7.20. The van der Waals surface area contributed by atoms with Gasteiger partial charge in [0.05, 0.1) is 11.1 Å². The second-order valence-corrected chi connectivity index (χ2v) is 9.66. The maximum absolute atomic E-state index is 13.0. The molecule has 0 aromatic heterocycles. The molecule has 3 rings (SSSR count). The van der Waals surface area contributed by atoms with E-state index in [1.165, 1.54) is 0 Å². The van der Waals surface area contributed by atoms with Crippen LogP contribution in [-0.2, 0) is 21.9 Å². The molecule has 2 aliphatic rings. The lowest BCUT2D eigenvalue weighted by Crippen LogP contribution is -2.38. The van der Waals surface area contributed by atoms with E-state index in [1.807, 2.05) is 0 Å². The maximum Gasteiger partial charge on any atom is 0.416 e. The number of rotatable bonds is 6. The fraction of sp³-hybridized carbons (Fsp3) is 0.667. The monoisotopic (exact) mass is 492 g/mol. The lowest BCUT2D eigenvalue weighted by Gasteiger charge is -2.31. The Morgan fingerprint density at radius 3 is 1.79 bits per heavy atom. The highest BCUT2D eigenvalue weighted by Crippen LogP contribution is 2.38. The first-order valence-electron chi connectivity index (χ1n) is 11.7. The predicted molar refractivity (Wildman–Crippen MR) is 115 cm³/mol. The van der Waals surface area contributed by atoms with E-state index < -0.39 is 35.1 Å². The minimum Gasteiger partial charge on any atom is -0.327 e. The Morgan fingerprint density at radius 1 is 0.794 bits per heavy atom. The van der Waals surface area contributed by atoms with Crippen LogP contribution in [0.5, 0.6) is 0 Å². The van der Waals surface area contributed by atoms with Crippen LogP contribution < -0.4 is 11.1 Å². The fourth-order valence-electron chi connectivity index (χ4n) is 5.14. The lowest BCUT2D eigenvalue weighted by molar-refractivity contribution is -0.143. The van der Waals surface area contributed by atoms with Crippen molar-refractivity contribution in [2.45, 2.75) is 82.6 Å². The van der Waals surface area contributed by atoms with E-state index in [-0.39, 0.29) is 42.1 Å². The van der Waals surface area contributed by atoms with E-state index in [0.717, 1.165) is 38.5 Å². The Bertz CT molecular complexity index is 843. The molecule has 1 aromatic rings. The van der Waals surface area contributed by atoms with Gasteiger partial charge in [-0.2, -0.15) is 26.3 Å². The summed E-state index contributed by atoms with van der Waals surface area (Å²) in [5.74, 6) is -0.306. The summed E-state index contributed by atoms with van der Waals surface area (Å²) in [6, 6.07) is 0.963. The first-order chi connectivity index (χ1) is 15.8. The van der Waals surface area contributed by atoms with Gasteiger partial charge in [-0.15, -0.1) is 0 Å². The molecule has 4 nitrogen and oxygen atoms in total. The third-order valence-corrected chi connectivity index (χ3v) is 7.03. The van der Waals surface area contributed by atoms with Crippen LogP contribution in [0.15, 0.2) is 18.2 Å². The number of anilines is 1. The van der Waals surface area contributed by atoms with Gasteiger partial charge in [-0.25, -0.2) is 0 Å². The Balaban J connectivity index is 1.52. The molecule has 2 atom stereocenters. The van der Waals surface area contributed by atoms with Crippen molar-refractivity contribution in [1.29, 1.82) is 0 Å². The number of benzene rings is 1. The molecular formula is C24H30F6N2O2. The number of ketones is 1. The van der Waals surface area contributed by atoms with Crippen LogP contribution in [0.1, 0.15) is 75.3 Å². The summed E-state index contributed by atoms with van der Waals surface area (Å²) in [4.78, 5) is 25.0. The van der Waals surface area contributed by atoms with Crippen molar-refractivity contribution in [3.05, 3.63) is 29.3 Å². The largest absolute Gasteiger partial charge is 0.416 e. The molecule has 1 aromatic carbocycles. The highest BCUT2D eigenvalue weighted by atomic mass is 19.4. The molecule has 0 spiro atoms. The Kier molecular flexibility index (Phi) is 8.31. The van der Waals surface area contributed by atoms with Crippen molar-refractivity contribution in [1.82, 2.24) is 0 Å². The molecular weight excluding hydrogens is 462 g/mol. The molecule has 190 valence electrons. The van der Waals surface area contributed by atoms with E-state index in [1.54, 1.807) is 0 Å². The molecule has 10 heteroatoms. The first-order valence-corrected chi connectivity index (χ1v) is 11.7. The summed E-state index contributed by atoms with van der Waals surface area (Å²) in [7, 11) is 0. The number of hydrogen-bond acceptors (Lipinski definition) is 3. The zero-order valence-corrected chi connectivity index (χ0v) is 18.8. The number of carbonyl (C=O) groups excluding carboxylic acids is 2. The molecule has 3 N–H and O–H groups in total. The average molecular weight is 493 g/mol. The molecule has 0 radical (unpaired) electrons. The maximum atomic E-state index is 13.0. The molecule has 0 saturated heterocycles. The van der Waals surface area contributed by atoms with E-state index in [9.17, 15) is 35.9 Å². The van der Waals surface area contributed by atoms with Crippen LogP contribution in [0.4, 0.5) is 32.0 Å². The van der Waals surface area contributed by atoms with Crippen LogP contribution in [0.25, 0.3) is 0 Å². The van der Waals surface area contributed by atoms with Gasteiger partial charge in [0.2, 0.25) is 5.91 Å². The van der Waals surface area contributed by atoms with E-state index in [2.05, 4.69) is 5.32 Å². The summed E-state index contributed by atoms with van der Waals surface area (Å²) in [5, 5.41) is 2.20. The van der Waals surface area contributed by atoms with Crippen molar-refractivity contribution in [2.75, 3.05) is 5.32 Å². The molecule has 0 bridgehead atoms. The van der Waals surface area contributed by atoms with Gasteiger partial charge in [-0.1, -0.05) is 12.8 Å². The number of hydrogen-bond donors (Lipinski definition) is 2. The van der Waals surface area contributed by atoms with Gasteiger partial charge >= 0.3 is 12.4 Å². The van der Waals surface area contributed by atoms with Crippen molar-refractivity contribution in [3.63, 3.8) is 0 Å². The Morgan fingerprint density at radius 2 is 1.29 bits per heavy atom. The second-order valence-electron chi connectivity index (χ2n) is 9.66. The number of amides is 1. The summed E-state index contributed by atoms with van der Waals surface area (Å²) >= 11 is 0. The lowest BCUT2D eigenvalue weighted by atomic mass is 9.75. The summed E-state index contributed by atoms with van der Waals surface area (Å²) in [6.07, 6.45) is -2.82. The SMILES string of the molecule is NC1CCCCC1C(=O)CC1CCC(CC(=O)Nc2cc(C(F)(F)F)cc(C(F)(F)F)c2)CC1. The Hall–Kier alpha value is -2.10. The van der Waals surface area contributed by atoms with Gasteiger partial charge in [0.25, 0.3) is 0 Å². The number of nitrogens with two attached hydrogens (primary N) is 1. The zero-order chi connectivity index (χ0) is 25.1. The molecule has 2 aliphatic carbocycles. The molecule has 2 saturated carbocycles. The van der Waals surface area contributed by atoms with Gasteiger partial charge in [0, 0.05) is 30.5 Å². The predicted octanol–water partition coefficient (Wildman–Crippen LogP) is 6.34. The normalized spacial score (nSPS) is 26.2. The van der Waals surface area contributed by atoms with E-state index in [4.69, 9.17) is 5.73 Å². The highest BCUT2D eigenvalue weighted by molar-refractivity contribution is 5.91. The van der Waals surface area contributed by atoms with Gasteiger partial charge in [0.1, 0.15) is 5.78 Å². The van der Waals surface area contributed by atoms with Crippen molar-refractivity contribution in [3.8, 4) is 0 Å². The van der Waals surface area contributed by atoms with Crippen LogP contribution in [-0.4, -0.2) is 17.7 Å². The number of halogens is 6. The summed E-state index contributed by atoms with van der Waals surface area (Å²) < 4.78 is 78.0. The van der Waals surface area contributed by atoms with Gasteiger partial charge in [-0.3, -0.25) is 9.59 Å². The smallest absolute Gasteiger partial charge is 0.327 e. The molecule has 34 heavy (non-hydrogen) atoms. The third-order valence-electron chi connectivity index (χ3n) is 7.03. The summed E-state index contributed by atoms with van der Waals surface area (Å²) in [5.41, 5.74) is 2.63. The van der Waals surface area contributed by atoms with Crippen molar-refractivity contribution >= 4 is 17.4 Å². The van der Waals surface area contributed by atoms with E-state index in [0.29, 0.717) is 31.4 Å². The minimum atomic E-state index is -4.97. The van der Waals surface area contributed by atoms with Crippen LogP contribution in [0, 0.1) is 17.8 Å². The van der Waals surface area contributed by atoms with Crippen LogP contribution in [0.3, 0.4) is 0 Å². The molecule has 0 aliphatic heterocycles. The number of nitrogens with one attached hydrogen (secondary N) is 1.